The number of aryl methyl sites for hydroxylation is 1. The Morgan fingerprint density at radius 1 is 1.10 bits per heavy atom. The largest absolute Gasteiger partial charge is 0.276 e. The maximum Gasteiger partial charge on any atom is 0.276 e. The predicted octanol–water partition coefficient (Wildman–Crippen LogP) is 3.61. The Hall–Kier alpha value is -1.56. The van der Waals surface area contributed by atoms with Gasteiger partial charge in [0, 0.05) is 5.56 Å². The summed E-state index contributed by atoms with van der Waals surface area (Å²) in [4.78, 5) is 2.27. The van der Waals surface area contributed by atoms with Crippen molar-refractivity contribution in [1.29, 1.82) is 0 Å². The van der Waals surface area contributed by atoms with Gasteiger partial charge in [0.1, 0.15) is 0 Å². The molecule has 0 amide bonds. The molecule has 0 aliphatic rings. The van der Waals surface area contributed by atoms with Gasteiger partial charge in [-0.1, -0.05) is 53.0 Å². The lowest BCUT2D eigenvalue weighted by Crippen LogP contribution is -2.18. The molecule has 2 aromatic carbocycles. The molecule has 0 aromatic heterocycles. The van der Waals surface area contributed by atoms with E-state index < -0.39 is 10.0 Å². The number of nitrogens with one attached hydrogen (secondary N) is 1. The number of benzene rings is 2. The zero-order chi connectivity index (χ0) is 15.5. The smallest absolute Gasteiger partial charge is 0.200 e. The van der Waals surface area contributed by atoms with Gasteiger partial charge in [0.2, 0.25) is 0 Å². The van der Waals surface area contributed by atoms with Gasteiger partial charge in [-0.05, 0) is 25.1 Å². The highest BCUT2D eigenvalue weighted by molar-refractivity contribution is 7.89. The van der Waals surface area contributed by atoms with Crippen molar-refractivity contribution in [2.75, 3.05) is 0 Å². The molecule has 4 nitrogen and oxygen atoms in total. The third-order valence-electron chi connectivity index (χ3n) is 2.69. The summed E-state index contributed by atoms with van der Waals surface area (Å²) in [7, 11) is -3.69. The molecular weight excluding hydrogens is 331 g/mol. The third-order valence-corrected chi connectivity index (χ3v) is 4.76. The number of hydrogen-bond acceptors (Lipinski definition) is 3. The van der Waals surface area contributed by atoms with Crippen LogP contribution in [-0.4, -0.2) is 14.6 Å². The third kappa shape index (κ3) is 3.97. The van der Waals surface area contributed by atoms with Crippen molar-refractivity contribution < 1.29 is 8.42 Å². The quantitative estimate of drug-likeness (QED) is 0.681. The number of sulfonamides is 1. The standard InChI is InChI=1S/C14H12Cl2N2O2S/c1-10-5-7-12(8-6-10)21(19,20)18-17-9-11-3-2-4-13(15)14(11)16/h2-9,18H,1H3/b17-9+. The minimum absolute atomic E-state index is 0.141. The first-order valence-corrected chi connectivity index (χ1v) is 8.19. The maximum absolute atomic E-state index is 12.0. The molecule has 0 aliphatic carbocycles. The van der Waals surface area contributed by atoms with Gasteiger partial charge in [0.05, 0.1) is 21.2 Å². The highest BCUT2D eigenvalue weighted by Crippen LogP contribution is 2.24. The Morgan fingerprint density at radius 2 is 1.76 bits per heavy atom. The topological polar surface area (TPSA) is 58.5 Å². The molecule has 0 saturated carbocycles. The van der Waals surface area contributed by atoms with Crippen LogP contribution in [0.2, 0.25) is 10.0 Å². The van der Waals surface area contributed by atoms with Gasteiger partial charge in [0.25, 0.3) is 10.0 Å². The first kappa shape index (κ1) is 15.8. The number of nitrogens with zero attached hydrogens (tertiary/aromatic N) is 1. The zero-order valence-electron chi connectivity index (χ0n) is 11.0. The van der Waals surface area contributed by atoms with Gasteiger partial charge < -0.3 is 0 Å². The van der Waals surface area contributed by atoms with E-state index in [0.29, 0.717) is 15.6 Å². The molecule has 1 N–H and O–H groups in total. The summed E-state index contributed by atoms with van der Waals surface area (Å²) in [6, 6.07) is 11.5. The van der Waals surface area contributed by atoms with Crippen LogP contribution in [-0.2, 0) is 10.0 Å². The van der Waals surface area contributed by atoms with Crippen LogP contribution in [0, 0.1) is 6.92 Å². The van der Waals surface area contributed by atoms with Crippen LogP contribution in [0.5, 0.6) is 0 Å². The Kier molecular flexibility index (Phi) is 4.88. The molecule has 2 rings (SSSR count). The number of hydrogen-bond donors (Lipinski definition) is 1. The first-order chi connectivity index (χ1) is 9.90. The summed E-state index contributed by atoms with van der Waals surface area (Å²) in [5.74, 6) is 0. The molecule has 0 fully saturated rings. The molecule has 110 valence electrons. The summed E-state index contributed by atoms with van der Waals surface area (Å²) in [5.41, 5.74) is 1.50. The lowest BCUT2D eigenvalue weighted by atomic mass is 10.2. The summed E-state index contributed by atoms with van der Waals surface area (Å²) in [6.45, 7) is 1.88. The second kappa shape index (κ2) is 6.47. The molecule has 2 aromatic rings. The summed E-state index contributed by atoms with van der Waals surface area (Å²) in [5, 5.41) is 4.40. The zero-order valence-corrected chi connectivity index (χ0v) is 13.4. The van der Waals surface area contributed by atoms with Crippen molar-refractivity contribution in [3.05, 3.63) is 63.6 Å². The monoisotopic (exact) mass is 342 g/mol. The van der Waals surface area contributed by atoms with E-state index >= 15 is 0 Å². The van der Waals surface area contributed by atoms with Crippen LogP contribution < -0.4 is 4.83 Å². The SMILES string of the molecule is Cc1ccc(S(=O)(=O)N/N=C/c2cccc(Cl)c2Cl)cc1. The normalized spacial score (nSPS) is 11.8. The average Bonchev–Trinajstić information content (AvgIpc) is 2.44. The van der Waals surface area contributed by atoms with Crippen LogP contribution >= 0.6 is 23.2 Å². The summed E-state index contributed by atoms with van der Waals surface area (Å²) >= 11 is 11.8. The molecule has 21 heavy (non-hydrogen) atoms. The predicted molar refractivity (Wildman–Crippen MR) is 85.6 cm³/mol. The maximum atomic E-state index is 12.0. The first-order valence-electron chi connectivity index (χ1n) is 5.96. The molecule has 0 heterocycles. The fourth-order valence-corrected chi connectivity index (χ4v) is 2.70. The van der Waals surface area contributed by atoms with Crippen LogP contribution in [0.1, 0.15) is 11.1 Å². The van der Waals surface area contributed by atoms with Crippen LogP contribution in [0.25, 0.3) is 0 Å². The average molecular weight is 343 g/mol. The second-order valence-electron chi connectivity index (χ2n) is 4.31. The van der Waals surface area contributed by atoms with Gasteiger partial charge in [-0.2, -0.15) is 13.5 Å². The van der Waals surface area contributed by atoms with Gasteiger partial charge >= 0.3 is 0 Å². The van der Waals surface area contributed by atoms with Crippen molar-refractivity contribution in [1.82, 2.24) is 4.83 Å². The van der Waals surface area contributed by atoms with Crippen molar-refractivity contribution in [3.8, 4) is 0 Å². The fraction of sp³-hybridized carbons (Fsp3) is 0.0714. The number of hydrazone groups is 1. The van der Waals surface area contributed by atoms with Crippen molar-refractivity contribution in [2.24, 2.45) is 5.10 Å². The highest BCUT2D eigenvalue weighted by Gasteiger charge is 2.11. The molecule has 0 atom stereocenters. The van der Waals surface area contributed by atoms with Crippen molar-refractivity contribution in [2.45, 2.75) is 11.8 Å². The lowest BCUT2D eigenvalue weighted by Gasteiger charge is -2.04. The molecule has 0 unspecified atom stereocenters. The molecule has 0 saturated heterocycles. The van der Waals surface area contributed by atoms with Gasteiger partial charge in [-0.3, -0.25) is 0 Å². The van der Waals surface area contributed by atoms with E-state index in [0.717, 1.165) is 5.56 Å². The molecule has 7 heteroatoms. The minimum Gasteiger partial charge on any atom is -0.200 e. The Labute approximate surface area is 133 Å². The number of rotatable bonds is 4. The van der Waals surface area contributed by atoms with Crippen LogP contribution in [0.3, 0.4) is 0 Å². The van der Waals surface area contributed by atoms with E-state index in [1.54, 1.807) is 30.3 Å². The number of halogens is 2. The van der Waals surface area contributed by atoms with Crippen molar-refractivity contribution >= 4 is 39.4 Å². The molecule has 0 bridgehead atoms. The summed E-state index contributed by atoms with van der Waals surface area (Å²) in [6.07, 6.45) is 1.31. The molecule has 0 spiro atoms. The van der Waals surface area contributed by atoms with E-state index in [-0.39, 0.29) is 4.90 Å². The molecular formula is C14H12Cl2N2O2S. The second-order valence-corrected chi connectivity index (χ2v) is 6.76. The van der Waals surface area contributed by atoms with Gasteiger partial charge in [-0.25, -0.2) is 4.83 Å². The van der Waals surface area contributed by atoms with E-state index in [1.807, 2.05) is 6.92 Å². The molecule has 0 radical (unpaired) electrons. The summed E-state index contributed by atoms with van der Waals surface area (Å²) < 4.78 is 24.0. The van der Waals surface area contributed by atoms with Crippen molar-refractivity contribution in [3.63, 3.8) is 0 Å². The Bertz CT molecular complexity index is 772. The van der Waals surface area contributed by atoms with Crippen LogP contribution in [0.15, 0.2) is 52.5 Å². The Morgan fingerprint density at radius 3 is 2.43 bits per heavy atom. The lowest BCUT2D eigenvalue weighted by molar-refractivity contribution is 0.584. The minimum atomic E-state index is -3.69. The molecule has 0 aliphatic heterocycles. The van der Waals surface area contributed by atoms with E-state index in [4.69, 9.17) is 23.2 Å². The Balaban J connectivity index is 2.16. The van der Waals surface area contributed by atoms with Gasteiger partial charge in [-0.15, -0.1) is 0 Å². The fourth-order valence-electron chi connectivity index (χ4n) is 1.56. The van der Waals surface area contributed by atoms with Crippen LogP contribution in [0.4, 0.5) is 0 Å². The van der Waals surface area contributed by atoms with Gasteiger partial charge in [0.15, 0.2) is 0 Å². The van der Waals surface area contributed by atoms with E-state index in [1.165, 1.54) is 18.3 Å². The van der Waals surface area contributed by atoms with E-state index in [9.17, 15) is 8.42 Å². The highest BCUT2D eigenvalue weighted by atomic mass is 35.5. The van der Waals surface area contributed by atoms with E-state index in [2.05, 4.69) is 9.93 Å².